The first-order valence-corrected chi connectivity index (χ1v) is 8.71. The Kier molecular flexibility index (Phi) is 8.53. The van der Waals surface area contributed by atoms with E-state index in [4.69, 9.17) is 5.73 Å². The largest absolute Gasteiger partial charge is 0.369 e. The Morgan fingerprint density at radius 3 is 1.52 bits per heavy atom. The summed E-state index contributed by atoms with van der Waals surface area (Å²) in [5.41, 5.74) is 5.50. The van der Waals surface area contributed by atoms with Crippen molar-refractivity contribution >= 4 is 5.91 Å². The first kappa shape index (κ1) is 20.4. The van der Waals surface area contributed by atoms with Crippen LogP contribution in [0.15, 0.2) is 0 Å². The van der Waals surface area contributed by atoms with Gasteiger partial charge in [0.05, 0.1) is 5.41 Å². The summed E-state index contributed by atoms with van der Waals surface area (Å²) in [6, 6.07) is 0.204. The van der Waals surface area contributed by atoms with E-state index in [-0.39, 0.29) is 23.8 Å². The van der Waals surface area contributed by atoms with Gasteiger partial charge in [-0.1, -0.05) is 55.4 Å². The lowest BCUT2D eigenvalue weighted by atomic mass is 9.60. The topological polar surface area (TPSA) is 46.3 Å². The van der Waals surface area contributed by atoms with Gasteiger partial charge >= 0.3 is 0 Å². The molecule has 126 valence electrons. The van der Waals surface area contributed by atoms with Gasteiger partial charge in [0, 0.05) is 6.04 Å². The molecule has 1 unspecified atom stereocenters. The van der Waals surface area contributed by atoms with Gasteiger partial charge in [-0.25, -0.2) is 0 Å². The lowest BCUT2D eigenvalue weighted by Crippen LogP contribution is -2.62. The highest BCUT2D eigenvalue weighted by Crippen LogP contribution is 2.44. The summed E-state index contributed by atoms with van der Waals surface area (Å²) in [5.74, 6) is 0.737. The molecule has 3 heteroatoms. The zero-order chi connectivity index (χ0) is 16.8. The Morgan fingerprint density at radius 1 is 0.952 bits per heavy atom. The Bertz CT molecular complexity index is 296. The summed E-state index contributed by atoms with van der Waals surface area (Å²) in [7, 11) is 0. The van der Waals surface area contributed by atoms with Crippen LogP contribution < -0.4 is 5.73 Å². The fourth-order valence-electron chi connectivity index (χ4n) is 4.30. The molecule has 21 heavy (non-hydrogen) atoms. The molecule has 0 aromatic carbocycles. The van der Waals surface area contributed by atoms with Crippen molar-refractivity contribution in [3.63, 3.8) is 0 Å². The maximum atomic E-state index is 12.6. The number of amides is 1. The van der Waals surface area contributed by atoms with E-state index in [0.29, 0.717) is 5.92 Å². The number of nitrogens with zero attached hydrogens (tertiary/aromatic N) is 1. The molecule has 0 spiro atoms. The van der Waals surface area contributed by atoms with Crippen LogP contribution in [-0.2, 0) is 4.79 Å². The number of hydrogen-bond donors (Lipinski definition) is 1. The summed E-state index contributed by atoms with van der Waals surface area (Å²) >= 11 is 0. The Hall–Kier alpha value is -0.570. The molecule has 0 fully saturated rings. The standard InChI is InChI=1S/C18H38N2O/c1-9-11-20(12-10-2)16(13(3)4)18(14(5)6,15(7)8)17(19)21/h13-16H,9-12H2,1-8H3,(H2,19,21). The van der Waals surface area contributed by atoms with E-state index in [9.17, 15) is 4.79 Å². The van der Waals surface area contributed by atoms with Crippen LogP contribution >= 0.6 is 0 Å². The minimum atomic E-state index is -0.474. The van der Waals surface area contributed by atoms with Crippen LogP contribution in [0.4, 0.5) is 0 Å². The van der Waals surface area contributed by atoms with Gasteiger partial charge in [-0.05, 0) is 43.7 Å². The highest BCUT2D eigenvalue weighted by molar-refractivity contribution is 5.82. The van der Waals surface area contributed by atoms with Gasteiger partial charge in [-0.3, -0.25) is 9.69 Å². The number of carbonyl (C=O) groups is 1. The number of nitrogens with two attached hydrogens (primary N) is 1. The van der Waals surface area contributed by atoms with Crippen molar-refractivity contribution in [3.8, 4) is 0 Å². The zero-order valence-electron chi connectivity index (χ0n) is 15.6. The lowest BCUT2D eigenvalue weighted by molar-refractivity contribution is -0.143. The van der Waals surface area contributed by atoms with Gasteiger partial charge in [-0.2, -0.15) is 0 Å². The van der Waals surface area contributed by atoms with Crippen LogP contribution in [0.3, 0.4) is 0 Å². The number of hydrogen-bond acceptors (Lipinski definition) is 2. The van der Waals surface area contributed by atoms with Gasteiger partial charge in [0.25, 0.3) is 0 Å². The molecule has 3 nitrogen and oxygen atoms in total. The van der Waals surface area contributed by atoms with E-state index in [1.54, 1.807) is 0 Å². The smallest absolute Gasteiger partial charge is 0.225 e. The molecule has 0 saturated heterocycles. The number of carbonyl (C=O) groups excluding carboxylic acids is 1. The molecule has 0 aliphatic rings. The van der Waals surface area contributed by atoms with Crippen LogP contribution in [0.25, 0.3) is 0 Å². The first-order valence-electron chi connectivity index (χ1n) is 8.71. The third kappa shape index (κ3) is 4.21. The van der Waals surface area contributed by atoms with Crippen molar-refractivity contribution in [2.45, 2.75) is 74.3 Å². The Labute approximate surface area is 132 Å². The second-order valence-electron chi connectivity index (χ2n) is 7.33. The van der Waals surface area contributed by atoms with Crippen LogP contribution in [0, 0.1) is 23.2 Å². The molecule has 0 bridgehead atoms. The summed E-state index contributed by atoms with van der Waals surface area (Å²) in [6.07, 6.45) is 2.21. The van der Waals surface area contributed by atoms with E-state index in [1.807, 2.05) is 0 Å². The molecule has 1 atom stereocenters. The molecule has 0 aliphatic heterocycles. The van der Waals surface area contributed by atoms with Crippen molar-refractivity contribution in [2.75, 3.05) is 13.1 Å². The molecule has 1 amide bonds. The average molecular weight is 299 g/mol. The van der Waals surface area contributed by atoms with Crippen molar-refractivity contribution in [1.29, 1.82) is 0 Å². The SMILES string of the molecule is CCCN(CCC)C(C(C)C)C(C(N)=O)(C(C)C)C(C)C. The Balaban J connectivity index is 5.98. The van der Waals surface area contributed by atoms with Crippen molar-refractivity contribution in [3.05, 3.63) is 0 Å². The molecule has 0 aromatic rings. The van der Waals surface area contributed by atoms with E-state index in [0.717, 1.165) is 25.9 Å². The van der Waals surface area contributed by atoms with E-state index >= 15 is 0 Å². The first-order chi connectivity index (χ1) is 9.67. The van der Waals surface area contributed by atoms with Gasteiger partial charge < -0.3 is 5.73 Å². The minimum absolute atomic E-state index is 0.136. The summed E-state index contributed by atoms with van der Waals surface area (Å²) in [6.45, 7) is 19.5. The third-order valence-corrected chi connectivity index (χ3v) is 4.87. The Morgan fingerprint density at radius 2 is 1.33 bits per heavy atom. The van der Waals surface area contributed by atoms with Gasteiger partial charge in [0.2, 0.25) is 5.91 Å². The molecule has 0 aliphatic carbocycles. The average Bonchev–Trinajstić information content (AvgIpc) is 2.33. The normalized spacial score (nSPS) is 14.5. The molecule has 0 radical (unpaired) electrons. The molecular weight excluding hydrogens is 260 g/mol. The van der Waals surface area contributed by atoms with Crippen molar-refractivity contribution in [2.24, 2.45) is 28.9 Å². The quantitative estimate of drug-likeness (QED) is 0.664. The summed E-state index contributed by atoms with van der Waals surface area (Å²) in [4.78, 5) is 15.1. The fourth-order valence-corrected chi connectivity index (χ4v) is 4.30. The molecule has 0 heterocycles. The van der Waals surface area contributed by atoms with Crippen molar-refractivity contribution < 1.29 is 4.79 Å². The number of rotatable bonds is 10. The second kappa shape index (κ2) is 8.77. The van der Waals surface area contributed by atoms with Crippen LogP contribution in [0.2, 0.25) is 0 Å². The monoisotopic (exact) mass is 298 g/mol. The maximum Gasteiger partial charge on any atom is 0.225 e. The summed E-state index contributed by atoms with van der Waals surface area (Å²) in [5, 5.41) is 0. The van der Waals surface area contributed by atoms with Crippen LogP contribution in [-0.4, -0.2) is 29.9 Å². The molecule has 2 N–H and O–H groups in total. The molecule has 0 aromatic heterocycles. The predicted molar refractivity (Wildman–Crippen MR) is 92.1 cm³/mol. The maximum absolute atomic E-state index is 12.6. The van der Waals surface area contributed by atoms with Gasteiger partial charge in [0.1, 0.15) is 0 Å². The minimum Gasteiger partial charge on any atom is -0.369 e. The predicted octanol–water partition coefficient (Wildman–Crippen LogP) is 3.92. The second-order valence-corrected chi connectivity index (χ2v) is 7.33. The van der Waals surface area contributed by atoms with E-state index < -0.39 is 5.41 Å². The third-order valence-electron chi connectivity index (χ3n) is 4.87. The van der Waals surface area contributed by atoms with Crippen LogP contribution in [0.5, 0.6) is 0 Å². The van der Waals surface area contributed by atoms with E-state index in [1.165, 1.54) is 0 Å². The highest BCUT2D eigenvalue weighted by atomic mass is 16.1. The molecule has 0 rings (SSSR count). The number of primary amides is 1. The zero-order valence-corrected chi connectivity index (χ0v) is 15.6. The molecular formula is C18H38N2O. The van der Waals surface area contributed by atoms with E-state index in [2.05, 4.69) is 60.3 Å². The summed E-state index contributed by atoms with van der Waals surface area (Å²) < 4.78 is 0. The molecule has 0 saturated carbocycles. The van der Waals surface area contributed by atoms with Crippen molar-refractivity contribution in [1.82, 2.24) is 4.90 Å². The van der Waals surface area contributed by atoms with Gasteiger partial charge in [0.15, 0.2) is 0 Å². The van der Waals surface area contributed by atoms with Gasteiger partial charge in [-0.15, -0.1) is 0 Å². The van der Waals surface area contributed by atoms with Crippen LogP contribution in [0.1, 0.15) is 68.2 Å². The lowest BCUT2D eigenvalue weighted by Gasteiger charge is -2.51. The highest BCUT2D eigenvalue weighted by Gasteiger charge is 2.52. The fraction of sp³-hybridized carbons (Fsp3) is 0.944.